The van der Waals surface area contributed by atoms with Crippen LogP contribution in [0.1, 0.15) is 0 Å². The quantitative estimate of drug-likeness (QED) is 0.658. The van der Waals surface area contributed by atoms with Gasteiger partial charge in [-0.05, 0) is 25.2 Å². The number of rotatable bonds is 2. The van der Waals surface area contributed by atoms with Gasteiger partial charge in [-0.2, -0.15) is 0 Å². The van der Waals surface area contributed by atoms with Crippen molar-refractivity contribution >= 4 is 17.3 Å². The van der Waals surface area contributed by atoms with E-state index < -0.39 is 5.82 Å². The molecule has 0 heterocycles. The minimum Gasteiger partial charge on any atom is -0.399 e. The second-order valence-corrected chi connectivity index (χ2v) is 2.91. The van der Waals surface area contributed by atoms with Crippen LogP contribution in [0, 0.1) is 5.82 Å². The first-order valence-electron chi connectivity index (χ1n) is 4.07. The predicted octanol–water partition coefficient (Wildman–Crippen LogP) is 1.26. The normalized spacial score (nSPS) is 9.14. The van der Waals surface area contributed by atoms with Gasteiger partial charge in [0.05, 0.1) is 11.6 Å². The number of nitrogen functional groups attached to an aromatic ring is 1. The summed E-state index contributed by atoms with van der Waals surface area (Å²) in [6.07, 6.45) is 0. The molecule has 1 aromatic rings. The van der Waals surface area contributed by atoms with Crippen molar-refractivity contribution in [2.75, 3.05) is 25.9 Å². The molecule has 5 heteroatoms. The Morgan fingerprint density at radius 1 is 1.57 bits per heavy atom. The lowest BCUT2D eigenvalue weighted by atomic mass is 10.3. The first-order valence-corrected chi connectivity index (χ1v) is 4.45. The van der Waals surface area contributed by atoms with E-state index in [1.54, 1.807) is 7.05 Å². The molecule has 80 valence electrons. The molecular formula is C9H14ClFN2O. The smallest absolute Gasteiger partial charge is 0.141 e. The fraction of sp³-hybridized carbons (Fsp3) is 0.333. The summed E-state index contributed by atoms with van der Waals surface area (Å²) >= 11 is 5.36. The predicted molar refractivity (Wildman–Crippen MR) is 56.8 cm³/mol. The standard InChI is InChI=1S/C6H5ClFN.C3H9NO/c7-5-3-4(9)1-2-6(5)8;1-4-2-3-5/h1-3H,9H2;4-5H,2-3H2,1H3. The zero-order valence-electron chi connectivity index (χ0n) is 7.93. The minimum absolute atomic E-state index is 0.0648. The Morgan fingerprint density at radius 3 is 2.50 bits per heavy atom. The maximum atomic E-state index is 12.3. The van der Waals surface area contributed by atoms with Gasteiger partial charge in [0.25, 0.3) is 0 Å². The van der Waals surface area contributed by atoms with Gasteiger partial charge in [0.2, 0.25) is 0 Å². The molecule has 0 saturated carbocycles. The number of nitrogens with two attached hydrogens (primary N) is 1. The number of hydrogen-bond acceptors (Lipinski definition) is 3. The SMILES string of the molecule is CNCCO.Nc1ccc(F)c(Cl)c1. The van der Waals surface area contributed by atoms with Crippen LogP contribution in [-0.2, 0) is 0 Å². The number of anilines is 1. The largest absolute Gasteiger partial charge is 0.399 e. The van der Waals surface area contributed by atoms with Crippen LogP contribution in [0.4, 0.5) is 10.1 Å². The Morgan fingerprint density at radius 2 is 2.21 bits per heavy atom. The van der Waals surface area contributed by atoms with Crippen LogP contribution in [0.25, 0.3) is 0 Å². The number of nitrogens with one attached hydrogen (secondary N) is 1. The summed E-state index contributed by atoms with van der Waals surface area (Å²) in [5.74, 6) is -0.439. The lowest BCUT2D eigenvalue weighted by Crippen LogP contribution is -2.10. The van der Waals surface area contributed by atoms with Crippen molar-refractivity contribution in [3.63, 3.8) is 0 Å². The van der Waals surface area contributed by atoms with Crippen molar-refractivity contribution in [3.8, 4) is 0 Å². The molecule has 0 amide bonds. The fourth-order valence-corrected chi connectivity index (χ4v) is 0.813. The lowest BCUT2D eigenvalue weighted by molar-refractivity contribution is 0.296. The van der Waals surface area contributed by atoms with Crippen LogP contribution in [0.15, 0.2) is 18.2 Å². The van der Waals surface area contributed by atoms with Gasteiger partial charge in [-0.15, -0.1) is 0 Å². The summed E-state index contributed by atoms with van der Waals surface area (Å²) < 4.78 is 12.3. The van der Waals surface area contributed by atoms with Crippen LogP contribution in [0.2, 0.25) is 5.02 Å². The third kappa shape index (κ3) is 5.75. The average Bonchev–Trinajstić information content (AvgIpc) is 2.14. The van der Waals surface area contributed by atoms with Crippen molar-refractivity contribution in [1.29, 1.82) is 0 Å². The Labute approximate surface area is 87.7 Å². The highest BCUT2D eigenvalue weighted by atomic mass is 35.5. The summed E-state index contributed by atoms with van der Waals surface area (Å²) in [4.78, 5) is 0. The van der Waals surface area contributed by atoms with Crippen LogP contribution >= 0.6 is 11.6 Å². The van der Waals surface area contributed by atoms with Crippen molar-refractivity contribution < 1.29 is 9.50 Å². The third-order valence-corrected chi connectivity index (χ3v) is 1.60. The molecular weight excluding hydrogens is 207 g/mol. The molecule has 1 rings (SSSR count). The number of aliphatic hydroxyl groups excluding tert-OH is 1. The molecule has 0 aromatic heterocycles. The molecule has 0 aliphatic carbocycles. The highest BCUT2D eigenvalue weighted by Gasteiger charge is 1.95. The van der Waals surface area contributed by atoms with Crippen molar-refractivity contribution in [2.45, 2.75) is 0 Å². The molecule has 0 saturated heterocycles. The van der Waals surface area contributed by atoms with Crippen LogP contribution in [0.5, 0.6) is 0 Å². The van der Waals surface area contributed by atoms with Crippen LogP contribution in [-0.4, -0.2) is 25.3 Å². The Hall–Kier alpha value is -0.840. The van der Waals surface area contributed by atoms with Gasteiger partial charge >= 0.3 is 0 Å². The topological polar surface area (TPSA) is 58.3 Å². The summed E-state index contributed by atoms with van der Waals surface area (Å²) in [6.45, 7) is 0.927. The van der Waals surface area contributed by atoms with Crippen molar-refractivity contribution in [3.05, 3.63) is 29.0 Å². The van der Waals surface area contributed by atoms with Crippen LogP contribution < -0.4 is 11.1 Å². The maximum absolute atomic E-state index is 12.3. The molecule has 0 aliphatic rings. The second kappa shape index (κ2) is 7.55. The monoisotopic (exact) mass is 220 g/mol. The molecule has 0 unspecified atom stereocenters. The van der Waals surface area contributed by atoms with Gasteiger partial charge < -0.3 is 16.2 Å². The highest BCUT2D eigenvalue weighted by Crippen LogP contribution is 2.16. The van der Waals surface area contributed by atoms with E-state index in [0.717, 1.165) is 0 Å². The van der Waals surface area contributed by atoms with Gasteiger partial charge in [-0.1, -0.05) is 11.6 Å². The molecule has 0 atom stereocenters. The maximum Gasteiger partial charge on any atom is 0.141 e. The molecule has 0 aliphatic heterocycles. The summed E-state index contributed by atoms with van der Waals surface area (Å²) in [7, 11) is 1.80. The molecule has 3 nitrogen and oxygen atoms in total. The minimum atomic E-state index is -0.439. The Kier molecular flexibility index (Phi) is 7.10. The van der Waals surface area contributed by atoms with E-state index in [9.17, 15) is 4.39 Å². The number of aliphatic hydroxyl groups is 1. The van der Waals surface area contributed by atoms with Crippen molar-refractivity contribution in [1.82, 2.24) is 5.32 Å². The van der Waals surface area contributed by atoms with E-state index in [4.69, 9.17) is 22.4 Å². The fourth-order valence-electron chi connectivity index (χ4n) is 0.624. The number of hydrogen-bond donors (Lipinski definition) is 3. The van der Waals surface area contributed by atoms with Crippen molar-refractivity contribution in [2.24, 2.45) is 0 Å². The second-order valence-electron chi connectivity index (χ2n) is 2.50. The van der Waals surface area contributed by atoms with E-state index >= 15 is 0 Å². The zero-order chi connectivity index (χ0) is 11.0. The molecule has 0 bridgehead atoms. The lowest BCUT2D eigenvalue weighted by Gasteiger charge is -1.93. The van der Waals surface area contributed by atoms with Gasteiger partial charge in [-0.25, -0.2) is 4.39 Å². The first kappa shape index (κ1) is 13.2. The number of benzene rings is 1. The van der Waals surface area contributed by atoms with Gasteiger partial charge in [-0.3, -0.25) is 0 Å². The van der Waals surface area contributed by atoms with E-state index in [2.05, 4.69) is 5.32 Å². The molecule has 0 radical (unpaired) electrons. The molecule has 0 spiro atoms. The highest BCUT2D eigenvalue weighted by molar-refractivity contribution is 6.31. The van der Waals surface area contributed by atoms with E-state index in [0.29, 0.717) is 12.2 Å². The average molecular weight is 221 g/mol. The van der Waals surface area contributed by atoms with Gasteiger partial charge in [0.15, 0.2) is 0 Å². The summed E-state index contributed by atoms with van der Waals surface area (Å²) in [5, 5.41) is 10.8. The Balaban J connectivity index is 0.000000292. The number of likely N-dealkylation sites (N-methyl/N-ethyl adjacent to an activating group) is 1. The summed E-state index contributed by atoms with van der Waals surface area (Å²) in [5.41, 5.74) is 5.75. The van der Waals surface area contributed by atoms with E-state index in [-0.39, 0.29) is 11.6 Å². The van der Waals surface area contributed by atoms with E-state index in [1.165, 1.54) is 18.2 Å². The molecule has 0 fully saturated rings. The van der Waals surface area contributed by atoms with Crippen LogP contribution in [0.3, 0.4) is 0 Å². The third-order valence-electron chi connectivity index (χ3n) is 1.31. The Bertz CT molecular complexity index is 269. The molecule has 14 heavy (non-hydrogen) atoms. The van der Waals surface area contributed by atoms with Gasteiger partial charge in [0.1, 0.15) is 5.82 Å². The molecule has 4 N–H and O–H groups in total. The first-order chi connectivity index (χ1) is 6.61. The van der Waals surface area contributed by atoms with Gasteiger partial charge in [0, 0.05) is 12.2 Å². The van der Waals surface area contributed by atoms with E-state index in [1.807, 2.05) is 0 Å². The molecule has 1 aromatic carbocycles. The zero-order valence-corrected chi connectivity index (χ0v) is 8.68. The summed E-state index contributed by atoms with van der Waals surface area (Å²) in [6, 6.07) is 4.07. The number of halogens is 2.